The molecule has 0 aliphatic carbocycles. The van der Waals surface area contributed by atoms with Crippen LogP contribution >= 0.6 is 11.6 Å². The summed E-state index contributed by atoms with van der Waals surface area (Å²) in [4.78, 5) is 25.0. The Morgan fingerprint density at radius 2 is 2.28 bits per heavy atom. The molecule has 1 aromatic carbocycles. The zero-order valence-corrected chi connectivity index (χ0v) is 10.8. The first-order valence-corrected chi connectivity index (χ1v) is 6.01. The fourth-order valence-electron chi connectivity index (χ4n) is 2.02. The van der Waals surface area contributed by atoms with E-state index in [0.29, 0.717) is 22.9 Å². The lowest BCUT2D eigenvalue weighted by molar-refractivity contribution is -0.117. The minimum absolute atomic E-state index is 0.0976. The predicted molar refractivity (Wildman–Crippen MR) is 70.8 cm³/mol. The summed E-state index contributed by atoms with van der Waals surface area (Å²) in [6, 6.07) is 3.40. The van der Waals surface area contributed by atoms with Crippen LogP contribution in [-0.2, 0) is 9.59 Å². The average molecular weight is 268 g/mol. The Morgan fingerprint density at radius 1 is 1.56 bits per heavy atom. The lowest BCUT2D eigenvalue weighted by Gasteiger charge is -2.24. The van der Waals surface area contributed by atoms with E-state index in [9.17, 15) is 9.59 Å². The summed E-state index contributed by atoms with van der Waals surface area (Å²) in [5.74, 6) is -0.344. The molecule has 1 heterocycles. The second-order valence-corrected chi connectivity index (χ2v) is 4.52. The third-order valence-corrected chi connectivity index (χ3v) is 3.36. The number of anilines is 2. The van der Waals surface area contributed by atoms with Gasteiger partial charge in [0.05, 0.1) is 17.9 Å². The molecule has 0 bridgehead atoms. The molecule has 3 N–H and O–H groups in total. The molecule has 1 aromatic rings. The second-order valence-electron chi connectivity index (χ2n) is 4.12. The van der Waals surface area contributed by atoms with Gasteiger partial charge < -0.3 is 16.0 Å². The average Bonchev–Trinajstić information content (AvgIpc) is 2.52. The van der Waals surface area contributed by atoms with Gasteiger partial charge in [0, 0.05) is 18.0 Å². The van der Waals surface area contributed by atoms with Crippen LogP contribution in [0.15, 0.2) is 12.1 Å². The highest BCUT2D eigenvalue weighted by atomic mass is 35.5. The van der Waals surface area contributed by atoms with Crippen molar-refractivity contribution in [1.82, 2.24) is 0 Å². The van der Waals surface area contributed by atoms with E-state index in [1.807, 2.05) is 6.92 Å². The highest BCUT2D eigenvalue weighted by Crippen LogP contribution is 2.36. The molecular weight excluding hydrogens is 254 g/mol. The van der Waals surface area contributed by atoms with Crippen molar-refractivity contribution in [3.05, 3.63) is 22.7 Å². The number of benzene rings is 1. The molecule has 0 unspecified atom stereocenters. The maximum atomic E-state index is 11.9. The topological polar surface area (TPSA) is 75.4 Å². The maximum Gasteiger partial charge on any atom is 0.240 e. The van der Waals surface area contributed by atoms with E-state index < -0.39 is 0 Å². The van der Waals surface area contributed by atoms with E-state index in [4.69, 9.17) is 17.3 Å². The van der Waals surface area contributed by atoms with Crippen LogP contribution in [0.3, 0.4) is 0 Å². The van der Waals surface area contributed by atoms with Gasteiger partial charge in [0.1, 0.15) is 0 Å². The zero-order valence-electron chi connectivity index (χ0n) is 10.00. The lowest BCUT2D eigenvalue weighted by atomic mass is 10.1. The molecule has 2 amide bonds. The second kappa shape index (κ2) is 4.96. The summed E-state index contributed by atoms with van der Waals surface area (Å²) in [6.07, 6.45) is 0.247. The maximum absolute atomic E-state index is 11.9. The molecule has 1 aliphatic rings. The lowest BCUT2D eigenvalue weighted by Crippen LogP contribution is -2.37. The molecule has 1 aliphatic heterocycles. The Labute approximate surface area is 110 Å². The van der Waals surface area contributed by atoms with Crippen molar-refractivity contribution in [2.24, 2.45) is 5.73 Å². The van der Waals surface area contributed by atoms with Crippen molar-refractivity contribution in [1.29, 1.82) is 0 Å². The van der Waals surface area contributed by atoms with Crippen LogP contribution in [0.1, 0.15) is 12.0 Å². The summed E-state index contributed by atoms with van der Waals surface area (Å²) < 4.78 is 0. The van der Waals surface area contributed by atoms with Crippen molar-refractivity contribution in [3.8, 4) is 0 Å². The van der Waals surface area contributed by atoms with Gasteiger partial charge in [0.15, 0.2) is 0 Å². The van der Waals surface area contributed by atoms with Gasteiger partial charge in [-0.05, 0) is 24.6 Å². The smallest absolute Gasteiger partial charge is 0.240 e. The largest absolute Gasteiger partial charge is 0.324 e. The van der Waals surface area contributed by atoms with Crippen LogP contribution in [0.5, 0.6) is 0 Å². The Hall–Kier alpha value is -1.59. The van der Waals surface area contributed by atoms with Gasteiger partial charge >= 0.3 is 0 Å². The molecule has 96 valence electrons. The Bertz CT molecular complexity index is 516. The molecule has 0 spiro atoms. The number of carbonyl (C=O) groups excluding carboxylic acids is 2. The number of hydrogen-bond donors (Lipinski definition) is 2. The van der Waals surface area contributed by atoms with Crippen molar-refractivity contribution >= 4 is 34.8 Å². The highest BCUT2D eigenvalue weighted by molar-refractivity contribution is 6.32. The van der Waals surface area contributed by atoms with Crippen LogP contribution in [0, 0.1) is 6.92 Å². The van der Waals surface area contributed by atoms with Crippen LogP contribution in [0.25, 0.3) is 0 Å². The summed E-state index contributed by atoms with van der Waals surface area (Å²) in [7, 11) is 0. The molecule has 0 saturated heterocycles. The first kappa shape index (κ1) is 12.9. The normalized spacial score (nSPS) is 14.8. The predicted octanol–water partition coefficient (Wildman–Crippen LogP) is 1.28. The van der Waals surface area contributed by atoms with E-state index in [2.05, 4.69) is 5.32 Å². The summed E-state index contributed by atoms with van der Waals surface area (Å²) in [5, 5.41) is 3.32. The van der Waals surface area contributed by atoms with Gasteiger partial charge in [-0.15, -0.1) is 0 Å². The van der Waals surface area contributed by atoms with Crippen molar-refractivity contribution in [3.63, 3.8) is 0 Å². The summed E-state index contributed by atoms with van der Waals surface area (Å²) >= 11 is 6.07. The Balaban J connectivity index is 2.58. The fourth-order valence-corrected chi connectivity index (χ4v) is 2.17. The molecule has 0 radical (unpaired) electrons. The van der Waals surface area contributed by atoms with Crippen molar-refractivity contribution in [2.75, 3.05) is 23.3 Å². The van der Waals surface area contributed by atoms with Gasteiger partial charge in [-0.2, -0.15) is 0 Å². The number of hydrogen-bond acceptors (Lipinski definition) is 3. The monoisotopic (exact) mass is 267 g/mol. The first-order chi connectivity index (χ1) is 8.54. The van der Waals surface area contributed by atoms with Crippen molar-refractivity contribution < 1.29 is 9.59 Å². The van der Waals surface area contributed by atoms with E-state index in [-0.39, 0.29) is 24.8 Å². The van der Waals surface area contributed by atoms with Crippen molar-refractivity contribution in [2.45, 2.75) is 13.3 Å². The van der Waals surface area contributed by atoms with Crippen LogP contribution in [-0.4, -0.2) is 24.9 Å². The fraction of sp³-hybridized carbons (Fsp3) is 0.333. The number of fused-ring (bicyclic) bond motifs is 1. The molecular formula is C12H14ClN3O2. The number of nitrogens with one attached hydrogen (secondary N) is 1. The van der Waals surface area contributed by atoms with Gasteiger partial charge in [0.25, 0.3) is 0 Å². The third kappa shape index (κ3) is 2.19. The molecule has 2 rings (SSSR count). The minimum atomic E-state index is -0.224. The quantitative estimate of drug-likeness (QED) is 0.805. The van der Waals surface area contributed by atoms with Gasteiger partial charge in [0.2, 0.25) is 11.8 Å². The van der Waals surface area contributed by atoms with Crippen LogP contribution in [0.2, 0.25) is 5.02 Å². The summed E-state index contributed by atoms with van der Waals surface area (Å²) in [6.45, 7) is 2.03. The Kier molecular flexibility index (Phi) is 3.54. The van der Waals surface area contributed by atoms with E-state index in [1.54, 1.807) is 12.1 Å². The molecule has 0 saturated carbocycles. The van der Waals surface area contributed by atoms with Gasteiger partial charge in [-0.3, -0.25) is 9.59 Å². The third-order valence-electron chi connectivity index (χ3n) is 2.95. The van der Waals surface area contributed by atoms with Crippen LogP contribution in [0.4, 0.5) is 11.4 Å². The molecule has 0 atom stereocenters. The molecule has 6 heteroatoms. The van der Waals surface area contributed by atoms with E-state index >= 15 is 0 Å². The van der Waals surface area contributed by atoms with E-state index in [1.165, 1.54) is 4.90 Å². The molecule has 5 nitrogen and oxygen atoms in total. The number of nitrogens with two attached hydrogens (primary N) is 1. The van der Waals surface area contributed by atoms with Gasteiger partial charge in [-0.1, -0.05) is 11.6 Å². The number of nitrogens with zero attached hydrogens (tertiary/aromatic N) is 1. The molecule has 0 fully saturated rings. The first-order valence-electron chi connectivity index (χ1n) is 5.64. The number of halogens is 1. The van der Waals surface area contributed by atoms with Gasteiger partial charge in [-0.25, -0.2) is 0 Å². The van der Waals surface area contributed by atoms with Crippen LogP contribution < -0.4 is 16.0 Å². The van der Waals surface area contributed by atoms with E-state index in [0.717, 1.165) is 5.56 Å². The SMILES string of the molecule is Cc1c(Cl)ccc2c1N(C(=O)CN)CCC(=O)N2. The molecule has 0 aromatic heterocycles. The minimum Gasteiger partial charge on any atom is -0.324 e. The molecule has 18 heavy (non-hydrogen) atoms. The standard InChI is InChI=1S/C12H14ClN3O2/c1-7-8(13)2-3-9-12(7)16(11(18)6-14)5-4-10(17)15-9/h2-3H,4-6,14H2,1H3,(H,15,17). The zero-order chi connectivity index (χ0) is 13.3. The summed E-state index contributed by atoms with van der Waals surface area (Å²) in [5.41, 5.74) is 7.41. The number of carbonyl (C=O) groups is 2. The highest BCUT2D eigenvalue weighted by Gasteiger charge is 2.25. The number of amides is 2. The number of rotatable bonds is 1. The Morgan fingerprint density at radius 3 is 2.94 bits per heavy atom.